The molecule has 0 spiro atoms. The zero-order valence-corrected chi connectivity index (χ0v) is 11.1. The average molecular weight is 275 g/mol. The molecule has 2 aliphatic rings. The summed E-state index contributed by atoms with van der Waals surface area (Å²) in [6.45, 7) is 0.757. The van der Waals surface area contributed by atoms with Crippen LogP contribution < -0.4 is 5.43 Å². The minimum absolute atomic E-state index is 0.154. The molecular weight excluding hydrogens is 262 g/mol. The van der Waals surface area contributed by atoms with Crippen LogP contribution in [0.3, 0.4) is 0 Å². The van der Waals surface area contributed by atoms with E-state index < -0.39 is 0 Å². The third-order valence-corrected chi connectivity index (χ3v) is 4.33. The third kappa shape index (κ3) is 1.81. The van der Waals surface area contributed by atoms with Crippen LogP contribution in [0.4, 0.5) is 0 Å². The number of nitrogens with zero attached hydrogens (tertiary/aromatic N) is 4. The third-order valence-electron chi connectivity index (χ3n) is 3.31. The summed E-state index contributed by atoms with van der Waals surface area (Å²) >= 11 is 1.73. The second kappa shape index (κ2) is 4.50. The number of pyridine rings is 1. The quantitative estimate of drug-likeness (QED) is 0.791. The first-order valence-corrected chi connectivity index (χ1v) is 7.33. The van der Waals surface area contributed by atoms with Crippen molar-refractivity contribution < 1.29 is 4.74 Å². The SMILES string of the molecule is c1cc2c(cn1)-c1nnc3n1NC2OCCCCS3. The molecule has 0 aliphatic carbocycles. The van der Waals surface area contributed by atoms with Gasteiger partial charge in [-0.05, 0) is 18.9 Å². The molecule has 0 fully saturated rings. The molecule has 1 atom stereocenters. The predicted molar refractivity (Wildman–Crippen MR) is 71.3 cm³/mol. The van der Waals surface area contributed by atoms with E-state index in [9.17, 15) is 0 Å². The van der Waals surface area contributed by atoms with E-state index in [1.54, 1.807) is 18.0 Å². The molecule has 1 unspecified atom stereocenters. The van der Waals surface area contributed by atoms with Crippen molar-refractivity contribution >= 4 is 11.8 Å². The number of aromatic nitrogens is 4. The van der Waals surface area contributed by atoms with E-state index in [0.717, 1.165) is 47.3 Å². The Morgan fingerprint density at radius 2 is 2.37 bits per heavy atom. The number of hydrogen-bond acceptors (Lipinski definition) is 6. The van der Waals surface area contributed by atoms with Gasteiger partial charge in [-0.25, -0.2) is 4.68 Å². The van der Waals surface area contributed by atoms with Gasteiger partial charge in [0.2, 0.25) is 5.16 Å². The zero-order valence-electron chi connectivity index (χ0n) is 10.2. The molecule has 4 rings (SSSR count). The van der Waals surface area contributed by atoms with E-state index in [0.29, 0.717) is 0 Å². The van der Waals surface area contributed by atoms with Crippen molar-refractivity contribution in [3.63, 3.8) is 0 Å². The Balaban J connectivity index is 1.88. The lowest BCUT2D eigenvalue weighted by Gasteiger charge is -2.29. The van der Waals surface area contributed by atoms with Crippen LogP contribution >= 0.6 is 11.8 Å². The van der Waals surface area contributed by atoms with E-state index in [4.69, 9.17) is 4.74 Å². The molecule has 2 aromatic rings. The molecule has 0 radical (unpaired) electrons. The molecule has 2 aromatic heterocycles. The summed E-state index contributed by atoms with van der Waals surface area (Å²) in [5.74, 6) is 1.85. The molecule has 0 aromatic carbocycles. The van der Waals surface area contributed by atoms with Crippen molar-refractivity contribution in [1.29, 1.82) is 0 Å². The summed E-state index contributed by atoms with van der Waals surface area (Å²) in [7, 11) is 0. The van der Waals surface area contributed by atoms with Crippen molar-refractivity contribution in [2.24, 2.45) is 0 Å². The molecule has 98 valence electrons. The van der Waals surface area contributed by atoms with Gasteiger partial charge >= 0.3 is 0 Å². The minimum atomic E-state index is -0.154. The molecule has 2 bridgehead atoms. The van der Waals surface area contributed by atoms with Crippen LogP contribution in [-0.2, 0) is 4.74 Å². The molecule has 1 N–H and O–H groups in total. The van der Waals surface area contributed by atoms with E-state index in [1.165, 1.54) is 0 Å². The van der Waals surface area contributed by atoms with Crippen molar-refractivity contribution in [3.8, 4) is 11.4 Å². The van der Waals surface area contributed by atoms with Crippen LogP contribution in [-0.4, -0.2) is 32.2 Å². The first-order chi connectivity index (χ1) is 9.43. The fourth-order valence-electron chi connectivity index (χ4n) is 2.36. The first-order valence-electron chi connectivity index (χ1n) is 6.34. The number of thioether (sulfide) groups is 1. The summed E-state index contributed by atoms with van der Waals surface area (Å²) in [5, 5.41) is 9.42. The first kappa shape index (κ1) is 11.2. The summed E-state index contributed by atoms with van der Waals surface area (Å²) in [5.41, 5.74) is 5.41. The second-order valence-electron chi connectivity index (χ2n) is 4.54. The van der Waals surface area contributed by atoms with Gasteiger partial charge in [0.05, 0.1) is 0 Å². The van der Waals surface area contributed by atoms with Gasteiger partial charge in [-0.1, -0.05) is 11.8 Å². The maximum atomic E-state index is 5.94. The largest absolute Gasteiger partial charge is 0.353 e. The molecule has 0 saturated carbocycles. The molecule has 7 heteroatoms. The Labute approximate surface area is 114 Å². The van der Waals surface area contributed by atoms with E-state index in [1.807, 2.05) is 16.9 Å². The monoisotopic (exact) mass is 275 g/mol. The molecule has 19 heavy (non-hydrogen) atoms. The zero-order chi connectivity index (χ0) is 12.7. The Bertz CT molecular complexity index is 614. The summed E-state index contributed by atoms with van der Waals surface area (Å²) in [4.78, 5) is 4.19. The highest BCUT2D eigenvalue weighted by Crippen LogP contribution is 2.35. The van der Waals surface area contributed by atoms with Crippen LogP contribution in [0.2, 0.25) is 0 Å². The number of fused-ring (bicyclic) bond motifs is 4. The fourth-order valence-corrected chi connectivity index (χ4v) is 3.26. The van der Waals surface area contributed by atoms with Gasteiger partial charge in [0.25, 0.3) is 0 Å². The number of hydrogen-bond donors (Lipinski definition) is 1. The van der Waals surface area contributed by atoms with Gasteiger partial charge < -0.3 is 4.74 Å². The van der Waals surface area contributed by atoms with Crippen molar-refractivity contribution in [2.75, 3.05) is 17.8 Å². The highest BCUT2D eigenvalue weighted by molar-refractivity contribution is 7.99. The van der Waals surface area contributed by atoms with Crippen molar-refractivity contribution in [1.82, 2.24) is 19.9 Å². The van der Waals surface area contributed by atoms with Crippen LogP contribution in [0.15, 0.2) is 23.6 Å². The van der Waals surface area contributed by atoms with Crippen molar-refractivity contribution in [2.45, 2.75) is 24.2 Å². The highest BCUT2D eigenvalue weighted by atomic mass is 32.2. The smallest absolute Gasteiger partial charge is 0.210 e. The van der Waals surface area contributed by atoms with Gasteiger partial charge in [-0.15, -0.1) is 10.2 Å². The lowest BCUT2D eigenvalue weighted by atomic mass is 10.1. The van der Waals surface area contributed by atoms with E-state index in [2.05, 4.69) is 20.6 Å². The van der Waals surface area contributed by atoms with Gasteiger partial charge in [0, 0.05) is 35.9 Å². The van der Waals surface area contributed by atoms with Crippen LogP contribution in [0, 0.1) is 0 Å². The van der Waals surface area contributed by atoms with E-state index >= 15 is 0 Å². The lowest BCUT2D eigenvalue weighted by molar-refractivity contribution is 0.0583. The fraction of sp³-hybridized carbons (Fsp3) is 0.417. The number of rotatable bonds is 0. The number of nitrogens with one attached hydrogen (secondary N) is 1. The minimum Gasteiger partial charge on any atom is -0.353 e. The summed E-state index contributed by atoms with van der Waals surface area (Å²) < 4.78 is 7.86. The molecule has 2 aliphatic heterocycles. The van der Waals surface area contributed by atoms with Gasteiger partial charge in [0.1, 0.15) is 0 Å². The second-order valence-corrected chi connectivity index (χ2v) is 5.60. The highest BCUT2D eigenvalue weighted by Gasteiger charge is 2.29. The maximum Gasteiger partial charge on any atom is 0.210 e. The maximum absolute atomic E-state index is 5.94. The van der Waals surface area contributed by atoms with Gasteiger partial charge in [-0.2, -0.15) is 0 Å². The summed E-state index contributed by atoms with van der Waals surface area (Å²) in [6.07, 6.45) is 5.64. The van der Waals surface area contributed by atoms with Gasteiger partial charge in [-0.3, -0.25) is 10.4 Å². The molecule has 4 heterocycles. The molecule has 0 saturated heterocycles. The standard InChI is InChI=1S/C12H13N5OS/c1-2-6-19-12-15-14-10-9-7-13-4-3-8(9)11(18-5-1)16-17(10)12/h3-4,7,11,16H,1-2,5-6H2. The lowest BCUT2D eigenvalue weighted by Crippen LogP contribution is -2.30. The van der Waals surface area contributed by atoms with E-state index in [-0.39, 0.29) is 6.23 Å². The Kier molecular flexibility index (Phi) is 2.66. The van der Waals surface area contributed by atoms with Crippen molar-refractivity contribution in [3.05, 3.63) is 24.0 Å². The average Bonchev–Trinajstić information content (AvgIpc) is 2.87. The van der Waals surface area contributed by atoms with Crippen LogP contribution in [0.25, 0.3) is 11.4 Å². The summed E-state index contributed by atoms with van der Waals surface area (Å²) in [6, 6.07) is 1.98. The van der Waals surface area contributed by atoms with Crippen LogP contribution in [0.5, 0.6) is 0 Å². The van der Waals surface area contributed by atoms with Crippen LogP contribution in [0.1, 0.15) is 24.6 Å². The molecular formula is C12H13N5OS. The topological polar surface area (TPSA) is 64.9 Å². The number of ether oxygens (including phenoxy) is 1. The Hall–Kier alpha value is -1.60. The Morgan fingerprint density at radius 1 is 1.37 bits per heavy atom. The molecule has 0 amide bonds. The molecule has 6 nitrogen and oxygen atoms in total. The Morgan fingerprint density at radius 3 is 3.37 bits per heavy atom. The van der Waals surface area contributed by atoms with Gasteiger partial charge in [0.15, 0.2) is 12.1 Å². The predicted octanol–water partition coefficient (Wildman–Crippen LogP) is 1.80. The normalized spacial score (nSPS) is 21.4.